The maximum absolute atomic E-state index is 14.6. The van der Waals surface area contributed by atoms with Crippen molar-refractivity contribution in [3.63, 3.8) is 0 Å². The van der Waals surface area contributed by atoms with Crippen molar-refractivity contribution in [2.24, 2.45) is 5.92 Å². The van der Waals surface area contributed by atoms with Gasteiger partial charge in [-0.25, -0.2) is 4.39 Å². The summed E-state index contributed by atoms with van der Waals surface area (Å²) in [7, 11) is 0. The van der Waals surface area contributed by atoms with Gasteiger partial charge >= 0.3 is 0 Å². The van der Waals surface area contributed by atoms with Gasteiger partial charge in [0.15, 0.2) is 0 Å². The van der Waals surface area contributed by atoms with E-state index in [-0.39, 0.29) is 16.8 Å². The van der Waals surface area contributed by atoms with E-state index >= 15 is 0 Å². The first kappa shape index (κ1) is 15.5. The first-order valence-corrected chi connectivity index (χ1v) is 9.42. The van der Waals surface area contributed by atoms with E-state index < -0.39 is 0 Å². The van der Waals surface area contributed by atoms with Crippen molar-refractivity contribution in [3.8, 4) is 6.07 Å². The number of hydrogen-bond donors (Lipinski definition) is 0. The Labute approximate surface area is 143 Å². The number of pyridine rings is 1. The molecule has 1 saturated carbocycles. The first-order valence-electron chi connectivity index (χ1n) is 8.27. The summed E-state index contributed by atoms with van der Waals surface area (Å²) < 4.78 is 16.6. The molecule has 2 fully saturated rings. The van der Waals surface area contributed by atoms with Crippen molar-refractivity contribution in [1.29, 1.82) is 5.26 Å². The summed E-state index contributed by atoms with van der Waals surface area (Å²) in [6.45, 7) is 2.42. The van der Waals surface area contributed by atoms with Crippen LogP contribution in [-0.4, -0.2) is 29.2 Å². The van der Waals surface area contributed by atoms with E-state index in [4.69, 9.17) is 0 Å². The molecule has 0 amide bonds. The Kier molecular flexibility index (Phi) is 3.97. The van der Waals surface area contributed by atoms with Gasteiger partial charge in [0.1, 0.15) is 17.4 Å². The van der Waals surface area contributed by atoms with Crippen LogP contribution < -0.4 is 10.3 Å². The molecule has 4 rings (SSSR count). The van der Waals surface area contributed by atoms with E-state index in [1.54, 1.807) is 12.3 Å². The fourth-order valence-corrected chi connectivity index (χ4v) is 4.16. The Morgan fingerprint density at radius 3 is 2.71 bits per heavy atom. The number of nitriles is 1. The van der Waals surface area contributed by atoms with Gasteiger partial charge in [0.05, 0.1) is 16.6 Å². The summed E-state index contributed by atoms with van der Waals surface area (Å²) in [6.07, 6.45) is 3.98. The van der Waals surface area contributed by atoms with Gasteiger partial charge < -0.3 is 9.47 Å². The molecule has 1 aromatic heterocycles. The van der Waals surface area contributed by atoms with Gasteiger partial charge in [-0.05, 0) is 30.9 Å². The molecule has 0 unspecified atom stereocenters. The lowest BCUT2D eigenvalue weighted by Crippen LogP contribution is -2.33. The monoisotopic (exact) mass is 343 g/mol. The summed E-state index contributed by atoms with van der Waals surface area (Å²) in [5.41, 5.74) is 1.01. The van der Waals surface area contributed by atoms with Gasteiger partial charge in [-0.15, -0.1) is 0 Å². The molecular formula is C18H18FN3OS. The highest BCUT2D eigenvalue weighted by Gasteiger charge is 2.24. The first-order chi connectivity index (χ1) is 11.7. The number of halogens is 1. The Hall–Kier alpha value is -2.00. The summed E-state index contributed by atoms with van der Waals surface area (Å²) in [6, 6.07) is 5.07. The molecule has 2 aliphatic rings. The van der Waals surface area contributed by atoms with E-state index in [1.807, 2.05) is 22.4 Å². The van der Waals surface area contributed by atoms with Crippen LogP contribution >= 0.6 is 11.8 Å². The Morgan fingerprint density at radius 1 is 1.29 bits per heavy atom. The molecule has 0 radical (unpaired) electrons. The van der Waals surface area contributed by atoms with Crippen molar-refractivity contribution in [2.75, 3.05) is 29.5 Å². The minimum Gasteiger partial charge on any atom is -0.367 e. The van der Waals surface area contributed by atoms with Crippen LogP contribution in [0.4, 0.5) is 10.1 Å². The number of nitrogens with zero attached hydrogens (tertiary/aromatic N) is 3. The van der Waals surface area contributed by atoms with Crippen molar-refractivity contribution in [2.45, 2.75) is 19.4 Å². The molecular weight excluding hydrogens is 325 g/mol. The maximum Gasteiger partial charge on any atom is 0.207 e. The highest BCUT2D eigenvalue weighted by atomic mass is 32.2. The lowest BCUT2D eigenvalue weighted by atomic mass is 10.1. The Bertz CT molecular complexity index is 892. The highest BCUT2D eigenvalue weighted by Crippen LogP contribution is 2.33. The van der Waals surface area contributed by atoms with Crippen LogP contribution in [0.5, 0.6) is 0 Å². The second-order valence-electron chi connectivity index (χ2n) is 6.50. The normalized spacial score (nSPS) is 17.9. The van der Waals surface area contributed by atoms with Gasteiger partial charge in [-0.1, -0.05) is 0 Å². The number of anilines is 1. The third-order valence-corrected chi connectivity index (χ3v) is 5.72. The van der Waals surface area contributed by atoms with Crippen LogP contribution in [0.25, 0.3) is 10.9 Å². The van der Waals surface area contributed by atoms with Gasteiger partial charge in [0.2, 0.25) is 5.43 Å². The largest absolute Gasteiger partial charge is 0.367 e. The predicted molar refractivity (Wildman–Crippen MR) is 95.1 cm³/mol. The zero-order valence-electron chi connectivity index (χ0n) is 13.3. The fraction of sp³-hybridized carbons (Fsp3) is 0.444. The van der Waals surface area contributed by atoms with Crippen LogP contribution in [0.3, 0.4) is 0 Å². The third kappa shape index (κ3) is 2.78. The van der Waals surface area contributed by atoms with Crippen LogP contribution in [0.2, 0.25) is 0 Å². The molecule has 6 heteroatoms. The second-order valence-corrected chi connectivity index (χ2v) is 7.72. The maximum atomic E-state index is 14.6. The average molecular weight is 343 g/mol. The van der Waals surface area contributed by atoms with Crippen LogP contribution in [0.15, 0.2) is 23.1 Å². The van der Waals surface area contributed by atoms with Crippen LogP contribution in [0, 0.1) is 23.1 Å². The van der Waals surface area contributed by atoms with Crippen molar-refractivity contribution < 1.29 is 4.39 Å². The van der Waals surface area contributed by atoms with Crippen LogP contribution in [0.1, 0.15) is 18.4 Å². The predicted octanol–water partition coefficient (Wildman–Crippen LogP) is 2.98. The Balaban J connectivity index is 1.90. The number of hydrogen-bond acceptors (Lipinski definition) is 4. The number of aromatic nitrogens is 1. The van der Waals surface area contributed by atoms with Crippen LogP contribution in [-0.2, 0) is 6.54 Å². The number of fused-ring (bicyclic) bond motifs is 1. The summed E-state index contributed by atoms with van der Waals surface area (Å²) in [5.74, 6) is 2.20. The van der Waals surface area contributed by atoms with Gasteiger partial charge in [0, 0.05) is 37.3 Å². The molecule has 24 heavy (non-hydrogen) atoms. The lowest BCUT2D eigenvalue weighted by molar-refractivity contribution is 0.618. The van der Waals surface area contributed by atoms with E-state index in [9.17, 15) is 14.4 Å². The number of benzene rings is 1. The minimum absolute atomic E-state index is 0.0877. The second kappa shape index (κ2) is 6.14. The molecule has 1 aliphatic carbocycles. The highest BCUT2D eigenvalue weighted by molar-refractivity contribution is 7.99. The van der Waals surface area contributed by atoms with Crippen molar-refractivity contribution in [3.05, 3.63) is 39.9 Å². The summed E-state index contributed by atoms with van der Waals surface area (Å²) in [4.78, 5) is 14.5. The van der Waals surface area contributed by atoms with E-state index in [0.717, 1.165) is 36.7 Å². The van der Waals surface area contributed by atoms with Crippen molar-refractivity contribution >= 4 is 28.4 Å². The summed E-state index contributed by atoms with van der Waals surface area (Å²) in [5, 5.41) is 9.52. The molecule has 0 spiro atoms. The Morgan fingerprint density at radius 2 is 2.04 bits per heavy atom. The molecule has 2 aromatic rings. The standard InChI is InChI=1S/C18H18FN3OS/c19-15-7-14-16(8-17(15)21-3-5-24-6-4-21)22(10-12-1-2-12)11-13(9-20)18(14)23/h7-8,11-12H,1-6,10H2. The topological polar surface area (TPSA) is 49.0 Å². The average Bonchev–Trinajstić information content (AvgIpc) is 3.42. The van der Waals surface area contributed by atoms with Crippen molar-refractivity contribution in [1.82, 2.24) is 4.57 Å². The zero-order chi connectivity index (χ0) is 16.7. The minimum atomic E-state index is -0.376. The fourth-order valence-electron chi connectivity index (χ4n) is 3.26. The van der Waals surface area contributed by atoms with Gasteiger partial charge in [0.25, 0.3) is 0 Å². The molecule has 0 N–H and O–H groups in total. The molecule has 124 valence electrons. The van der Waals surface area contributed by atoms with Gasteiger partial charge in [-0.2, -0.15) is 17.0 Å². The quantitative estimate of drug-likeness (QED) is 0.860. The molecule has 1 aromatic carbocycles. The number of thioether (sulfide) groups is 1. The molecule has 4 nitrogen and oxygen atoms in total. The lowest BCUT2D eigenvalue weighted by Gasteiger charge is -2.29. The van der Waals surface area contributed by atoms with E-state index in [0.29, 0.717) is 17.0 Å². The molecule has 2 heterocycles. The molecule has 1 aliphatic heterocycles. The molecule has 0 bridgehead atoms. The smallest absolute Gasteiger partial charge is 0.207 e. The van der Waals surface area contributed by atoms with E-state index in [2.05, 4.69) is 4.90 Å². The van der Waals surface area contributed by atoms with E-state index in [1.165, 1.54) is 18.9 Å². The van der Waals surface area contributed by atoms with Gasteiger partial charge in [-0.3, -0.25) is 4.79 Å². The SMILES string of the molecule is N#Cc1cn(CC2CC2)c2cc(N3CCSCC3)c(F)cc2c1=O. The number of rotatable bonds is 3. The molecule has 1 saturated heterocycles. The molecule has 0 atom stereocenters. The summed E-state index contributed by atoms with van der Waals surface area (Å²) >= 11 is 1.87. The third-order valence-electron chi connectivity index (χ3n) is 4.77. The zero-order valence-corrected chi connectivity index (χ0v) is 14.1.